The number of Topliss-reactive ketones (excluding diaryl/α,β-unsaturated/α-hetero) is 1. The summed E-state index contributed by atoms with van der Waals surface area (Å²) in [5.41, 5.74) is 17.6. The van der Waals surface area contributed by atoms with E-state index in [2.05, 4.69) is 20.1 Å². The summed E-state index contributed by atoms with van der Waals surface area (Å²) in [6.45, 7) is 1.43. The summed E-state index contributed by atoms with van der Waals surface area (Å²) >= 11 is 0. The summed E-state index contributed by atoms with van der Waals surface area (Å²) in [5.74, 6) is -0.109. The second-order valence-electron chi connectivity index (χ2n) is 2.97. The zero-order valence-corrected chi connectivity index (χ0v) is 8.48. The number of hydrogen-bond acceptors (Lipinski definition) is 3. The highest BCUT2D eigenvalue weighted by atomic mass is 16.1. The Morgan fingerprint density at radius 3 is 2.44 bits per heavy atom. The fourth-order valence-corrected chi connectivity index (χ4v) is 1.17. The SMILES string of the molecule is CC(=O)c1cccc(C(N=[N+]=[N-])N=[N+]=[N-])c1. The molecule has 0 aliphatic heterocycles. The third kappa shape index (κ3) is 2.75. The van der Waals surface area contributed by atoms with Crippen molar-refractivity contribution >= 4 is 5.78 Å². The maximum absolute atomic E-state index is 11.1. The number of hydrogen-bond donors (Lipinski definition) is 0. The van der Waals surface area contributed by atoms with E-state index in [-0.39, 0.29) is 5.78 Å². The molecule has 1 aromatic rings. The van der Waals surface area contributed by atoms with Crippen LogP contribution >= 0.6 is 0 Å². The quantitative estimate of drug-likeness (QED) is 0.325. The summed E-state index contributed by atoms with van der Waals surface area (Å²) in [4.78, 5) is 16.3. The van der Waals surface area contributed by atoms with Crippen LogP contribution in [0.15, 0.2) is 34.5 Å². The van der Waals surface area contributed by atoms with E-state index in [0.29, 0.717) is 11.1 Å². The lowest BCUT2D eigenvalue weighted by Gasteiger charge is -2.05. The lowest BCUT2D eigenvalue weighted by molar-refractivity contribution is 0.101. The van der Waals surface area contributed by atoms with Crippen LogP contribution in [0.25, 0.3) is 20.9 Å². The first-order chi connectivity index (χ1) is 7.69. The second-order valence-corrected chi connectivity index (χ2v) is 2.97. The van der Waals surface area contributed by atoms with E-state index in [9.17, 15) is 4.79 Å². The van der Waals surface area contributed by atoms with Gasteiger partial charge in [0.25, 0.3) is 0 Å². The fraction of sp³-hybridized carbons (Fsp3) is 0.222. The topological polar surface area (TPSA) is 115 Å². The molecule has 0 fully saturated rings. The maximum atomic E-state index is 11.1. The Kier molecular flexibility index (Phi) is 3.91. The number of carbonyl (C=O) groups excluding carboxylic acids is 1. The van der Waals surface area contributed by atoms with E-state index < -0.39 is 6.17 Å². The van der Waals surface area contributed by atoms with E-state index in [1.54, 1.807) is 18.2 Å². The molecule has 0 saturated carbocycles. The predicted molar refractivity (Wildman–Crippen MR) is 57.5 cm³/mol. The molecule has 0 spiro atoms. The Hall–Kier alpha value is -2.49. The molecule has 7 heteroatoms. The van der Waals surface area contributed by atoms with Gasteiger partial charge in [-0.25, -0.2) is 0 Å². The largest absolute Gasteiger partial charge is 0.295 e. The van der Waals surface area contributed by atoms with Crippen molar-refractivity contribution in [3.63, 3.8) is 0 Å². The monoisotopic (exact) mass is 216 g/mol. The molecule has 0 aliphatic carbocycles. The lowest BCUT2D eigenvalue weighted by atomic mass is 10.1. The lowest BCUT2D eigenvalue weighted by Crippen LogP contribution is -1.96. The number of nitrogens with zero attached hydrogens (tertiary/aromatic N) is 6. The van der Waals surface area contributed by atoms with Crippen LogP contribution in [0, 0.1) is 0 Å². The highest BCUT2D eigenvalue weighted by Gasteiger charge is 2.08. The van der Waals surface area contributed by atoms with Gasteiger partial charge in [-0.15, -0.1) is 0 Å². The Morgan fingerprint density at radius 1 is 1.31 bits per heavy atom. The molecular formula is C9H8N6O. The number of ketones is 1. The summed E-state index contributed by atoms with van der Waals surface area (Å²) < 4.78 is 0. The van der Waals surface area contributed by atoms with Crippen LogP contribution in [-0.4, -0.2) is 5.78 Å². The average molecular weight is 216 g/mol. The van der Waals surface area contributed by atoms with Crippen molar-refractivity contribution in [1.29, 1.82) is 0 Å². The standard InChI is InChI=1S/C9H8N6O/c1-6(16)7-3-2-4-8(5-7)9(12-14-10)13-15-11/h2-5,9H,1H3. The maximum Gasteiger partial charge on any atom is 0.159 e. The Bertz CT molecular complexity index is 480. The molecule has 0 unspecified atom stereocenters. The van der Waals surface area contributed by atoms with Gasteiger partial charge in [0, 0.05) is 15.4 Å². The smallest absolute Gasteiger partial charge is 0.159 e. The molecule has 16 heavy (non-hydrogen) atoms. The Labute approximate surface area is 91.0 Å². The predicted octanol–water partition coefficient (Wildman–Crippen LogP) is 3.51. The highest BCUT2D eigenvalue weighted by molar-refractivity contribution is 5.94. The highest BCUT2D eigenvalue weighted by Crippen LogP contribution is 2.20. The molecule has 1 rings (SSSR count). The molecular weight excluding hydrogens is 208 g/mol. The van der Waals surface area contributed by atoms with E-state index in [1.165, 1.54) is 13.0 Å². The van der Waals surface area contributed by atoms with Gasteiger partial charge in [-0.05, 0) is 29.6 Å². The van der Waals surface area contributed by atoms with Crippen molar-refractivity contribution in [3.05, 3.63) is 56.3 Å². The molecule has 0 aliphatic rings. The molecule has 0 saturated heterocycles. The number of carbonyl (C=O) groups is 1. The molecule has 0 radical (unpaired) electrons. The summed E-state index contributed by atoms with van der Waals surface area (Å²) in [6, 6.07) is 6.44. The van der Waals surface area contributed by atoms with Gasteiger partial charge in [0.15, 0.2) is 5.78 Å². The van der Waals surface area contributed by atoms with Crippen LogP contribution in [0.5, 0.6) is 0 Å². The van der Waals surface area contributed by atoms with Crippen molar-refractivity contribution in [2.24, 2.45) is 10.2 Å². The zero-order valence-electron chi connectivity index (χ0n) is 8.48. The summed E-state index contributed by atoms with van der Waals surface area (Å²) in [6.07, 6.45) is -0.964. The minimum Gasteiger partial charge on any atom is -0.295 e. The first-order valence-corrected chi connectivity index (χ1v) is 4.38. The van der Waals surface area contributed by atoms with Gasteiger partial charge in [-0.2, -0.15) is 0 Å². The van der Waals surface area contributed by atoms with Crippen LogP contribution in [0.4, 0.5) is 0 Å². The number of benzene rings is 1. The van der Waals surface area contributed by atoms with Crippen molar-refractivity contribution in [2.45, 2.75) is 13.1 Å². The molecule has 0 heterocycles. The van der Waals surface area contributed by atoms with Crippen LogP contribution < -0.4 is 0 Å². The molecule has 0 bridgehead atoms. The van der Waals surface area contributed by atoms with Gasteiger partial charge in [0.1, 0.15) is 6.17 Å². The Balaban J connectivity index is 3.19. The van der Waals surface area contributed by atoms with Gasteiger partial charge in [-0.3, -0.25) is 4.79 Å². The van der Waals surface area contributed by atoms with Gasteiger partial charge in [0.2, 0.25) is 0 Å². The minimum absolute atomic E-state index is 0.109. The van der Waals surface area contributed by atoms with Crippen molar-refractivity contribution in [2.75, 3.05) is 0 Å². The van der Waals surface area contributed by atoms with E-state index >= 15 is 0 Å². The van der Waals surface area contributed by atoms with Gasteiger partial charge < -0.3 is 0 Å². The Morgan fingerprint density at radius 2 is 1.94 bits per heavy atom. The zero-order chi connectivity index (χ0) is 12.0. The fourth-order valence-electron chi connectivity index (χ4n) is 1.17. The summed E-state index contributed by atoms with van der Waals surface area (Å²) in [7, 11) is 0. The molecule has 0 amide bonds. The first-order valence-electron chi connectivity index (χ1n) is 4.38. The third-order valence-corrected chi connectivity index (χ3v) is 1.91. The van der Waals surface area contributed by atoms with Crippen molar-refractivity contribution in [1.82, 2.24) is 0 Å². The van der Waals surface area contributed by atoms with Crippen LogP contribution in [0.3, 0.4) is 0 Å². The molecule has 1 aromatic carbocycles. The van der Waals surface area contributed by atoms with Gasteiger partial charge in [-0.1, -0.05) is 28.4 Å². The van der Waals surface area contributed by atoms with Gasteiger partial charge in [0.05, 0.1) is 0 Å². The third-order valence-electron chi connectivity index (χ3n) is 1.91. The average Bonchev–Trinajstić information content (AvgIpc) is 2.29. The molecule has 7 nitrogen and oxygen atoms in total. The molecule has 0 N–H and O–H groups in total. The van der Waals surface area contributed by atoms with Crippen molar-refractivity contribution in [3.8, 4) is 0 Å². The number of rotatable bonds is 4. The van der Waals surface area contributed by atoms with Crippen LogP contribution in [0.1, 0.15) is 29.0 Å². The number of azide groups is 1. The van der Waals surface area contributed by atoms with E-state index in [0.717, 1.165) is 0 Å². The first kappa shape index (κ1) is 11.6. The van der Waals surface area contributed by atoms with Crippen LogP contribution in [0.2, 0.25) is 0 Å². The minimum atomic E-state index is -0.964. The van der Waals surface area contributed by atoms with E-state index in [4.69, 9.17) is 11.1 Å². The van der Waals surface area contributed by atoms with E-state index in [1.807, 2.05) is 0 Å². The van der Waals surface area contributed by atoms with Gasteiger partial charge >= 0.3 is 0 Å². The molecule has 80 valence electrons. The van der Waals surface area contributed by atoms with Crippen molar-refractivity contribution < 1.29 is 4.79 Å². The van der Waals surface area contributed by atoms with Crippen LogP contribution in [-0.2, 0) is 0 Å². The molecule has 0 atom stereocenters. The summed E-state index contributed by atoms with van der Waals surface area (Å²) in [5, 5.41) is 6.67. The second kappa shape index (κ2) is 5.41. The normalized spacial score (nSPS) is 10.8. The molecule has 0 aromatic heterocycles.